The second-order valence-corrected chi connectivity index (χ2v) is 6.03. The van der Waals surface area contributed by atoms with Gasteiger partial charge >= 0.3 is 0 Å². The minimum atomic E-state index is -0.318. The third-order valence-corrected chi connectivity index (χ3v) is 4.32. The number of ether oxygens (including phenoxy) is 4. The van der Waals surface area contributed by atoms with E-state index in [4.69, 9.17) is 23.4 Å². The first-order valence-corrected chi connectivity index (χ1v) is 8.96. The van der Waals surface area contributed by atoms with Gasteiger partial charge in [0.25, 0.3) is 0 Å². The van der Waals surface area contributed by atoms with Crippen molar-refractivity contribution in [2.45, 2.75) is 0 Å². The zero-order valence-electron chi connectivity index (χ0n) is 17.1. The van der Waals surface area contributed by atoms with Crippen LogP contribution in [0.2, 0.25) is 0 Å². The van der Waals surface area contributed by atoms with Gasteiger partial charge in [-0.15, -0.1) is 0 Å². The van der Waals surface area contributed by atoms with Crippen LogP contribution in [0.15, 0.2) is 53.4 Å². The van der Waals surface area contributed by atoms with Crippen LogP contribution in [-0.2, 0) is 4.79 Å². The molecule has 0 bridgehead atoms. The summed E-state index contributed by atoms with van der Waals surface area (Å²) in [4.78, 5) is 16.3. The van der Waals surface area contributed by atoms with Crippen LogP contribution < -0.4 is 24.3 Å². The maximum absolute atomic E-state index is 12.4. The molecule has 1 amide bonds. The van der Waals surface area contributed by atoms with E-state index in [9.17, 15) is 4.79 Å². The fourth-order valence-corrected chi connectivity index (χ4v) is 2.93. The molecule has 0 saturated heterocycles. The third-order valence-electron chi connectivity index (χ3n) is 4.32. The Balaban J connectivity index is 1.78. The fourth-order valence-electron chi connectivity index (χ4n) is 2.93. The standard InChI is InChI=1S/C22H22N2O6/c1-26-17-9-5-14(21(28-3)22(17)29-4)6-10-20(25)24-15-7-8-16(18(11-15)27-2)19-12-23-13-30-19/h5-13H,1-4H3,(H,24,25)/b10-6+. The van der Waals surface area contributed by atoms with Crippen molar-refractivity contribution in [2.75, 3.05) is 33.8 Å². The summed E-state index contributed by atoms with van der Waals surface area (Å²) in [5.41, 5.74) is 1.98. The molecular formula is C22H22N2O6. The van der Waals surface area contributed by atoms with Gasteiger partial charge in [0, 0.05) is 23.4 Å². The first kappa shape index (κ1) is 20.8. The minimum absolute atomic E-state index is 0.318. The average molecular weight is 410 g/mol. The van der Waals surface area contributed by atoms with Crippen molar-refractivity contribution in [2.24, 2.45) is 0 Å². The molecule has 0 fully saturated rings. The average Bonchev–Trinajstić information content (AvgIpc) is 3.31. The van der Waals surface area contributed by atoms with Crippen molar-refractivity contribution in [3.63, 3.8) is 0 Å². The summed E-state index contributed by atoms with van der Waals surface area (Å²) in [5, 5.41) is 2.80. The summed E-state index contributed by atoms with van der Waals surface area (Å²) in [6.45, 7) is 0. The Morgan fingerprint density at radius 3 is 2.37 bits per heavy atom. The SMILES string of the molecule is COc1cc(NC(=O)/C=C/c2ccc(OC)c(OC)c2OC)ccc1-c1cnco1. The summed E-state index contributed by atoms with van der Waals surface area (Å²) in [5.74, 6) is 2.27. The Morgan fingerprint density at radius 1 is 0.967 bits per heavy atom. The second kappa shape index (κ2) is 9.51. The van der Waals surface area contributed by atoms with Gasteiger partial charge in [-0.1, -0.05) is 0 Å². The molecule has 30 heavy (non-hydrogen) atoms. The molecule has 0 unspecified atom stereocenters. The predicted octanol–water partition coefficient (Wildman–Crippen LogP) is 4.03. The smallest absolute Gasteiger partial charge is 0.248 e. The number of carbonyl (C=O) groups excluding carboxylic acids is 1. The van der Waals surface area contributed by atoms with E-state index in [0.29, 0.717) is 40.0 Å². The molecule has 0 atom stereocenters. The number of hydrogen-bond acceptors (Lipinski definition) is 7. The van der Waals surface area contributed by atoms with Gasteiger partial charge in [-0.25, -0.2) is 4.98 Å². The second-order valence-electron chi connectivity index (χ2n) is 6.03. The maximum Gasteiger partial charge on any atom is 0.248 e. The largest absolute Gasteiger partial charge is 0.496 e. The highest BCUT2D eigenvalue weighted by Crippen LogP contribution is 2.40. The lowest BCUT2D eigenvalue weighted by atomic mass is 10.1. The number of nitrogens with zero attached hydrogens (tertiary/aromatic N) is 1. The topological polar surface area (TPSA) is 92.1 Å². The normalized spacial score (nSPS) is 10.7. The van der Waals surface area contributed by atoms with Gasteiger partial charge in [-0.2, -0.15) is 0 Å². The van der Waals surface area contributed by atoms with E-state index in [0.717, 1.165) is 5.56 Å². The number of hydrogen-bond donors (Lipinski definition) is 1. The third kappa shape index (κ3) is 4.38. The molecule has 2 aromatic carbocycles. The Morgan fingerprint density at radius 2 is 1.73 bits per heavy atom. The summed E-state index contributed by atoms with van der Waals surface area (Å²) in [6, 6.07) is 8.77. The number of methoxy groups -OCH3 is 4. The van der Waals surface area contributed by atoms with E-state index in [2.05, 4.69) is 10.3 Å². The quantitative estimate of drug-likeness (QED) is 0.561. The van der Waals surface area contributed by atoms with Crippen LogP contribution in [0.3, 0.4) is 0 Å². The van der Waals surface area contributed by atoms with Crippen LogP contribution >= 0.6 is 0 Å². The van der Waals surface area contributed by atoms with Crippen LogP contribution in [0.4, 0.5) is 5.69 Å². The number of benzene rings is 2. The number of amides is 1. The van der Waals surface area contributed by atoms with E-state index in [1.807, 2.05) is 0 Å². The molecule has 3 aromatic rings. The van der Waals surface area contributed by atoms with Crippen molar-refractivity contribution in [1.29, 1.82) is 0 Å². The molecule has 0 aliphatic heterocycles. The molecule has 3 rings (SSSR count). The minimum Gasteiger partial charge on any atom is -0.496 e. The molecule has 1 N–H and O–H groups in total. The van der Waals surface area contributed by atoms with Crippen LogP contribution in [0, 0.1) is 0 Å². The van der Waals surface area contributed by atoms with Crippen molar-refractivity contribution in [1.82, 2.24) is 4.98 Å². The van der Waals surface area contributed by atoms with E-state index < -0.39 is 0 Å². The number of carbonyl (C=O) groups is 1. The molecule has 8 nitrogen and oxygen atoms in total. The van der Waals surface area contributed by atoms with E-state index in [1.165, 1.54) is 26.7 Å². The summed E-state index contributed by atoms with van der Waals surface area (Å²) in [7, 11) is 6.14. The fraction of sp³-hybridized carbons (Fsp3) is 0.182. The Bertz CT molecular complexity index is 1040. The van der Waals surface area contributed by atoms with Gasteiger partial charge < -0.3 is 28.7 Å². The molecule has 0 aliphatic rings. The van der Waals surface area contributed by atoms with Gasteiger partial charge in [0.15, 0.2) is 23.7 Å². The lowest BCUT2D eigenvalue weighted by molar-refractivity contribution is -0.111. The summed E-state index contributed by atoms with van der Waals surface area (Å²) < 4.78 is 26.8. The zero-order valence-corrected chi connectivity index (χ0v) is 17.1. The number of anilines is 1. The summed E-state index contributed by atoms with van der Waals surface area (Å²) >= 11 is 0. The predicted molar refractivity (Wildman–Crippen MR) is 112 cm³/mol. The molecule has 156 valence electrons. The van der Waals surface area contributed by atoms with E-state index >= 15 is 0 Å². The Labute approximate surface area is 174 Å². The van der Waals surface area contributed by atoms with Crippen molar-refractivity contribution < 1.29 is 28.2 Å². The van der Waals surface area contributed by atoms with Crippen molar-refractivity contribution >= 4 is 17.7 Å². The van der Waals surface area contributed by atoms with Crippen LogP contribution in [0.25, 0.3) is 17.4 Å². The van der Waals surface area contributed by atoms with Gasteiger partial charge in [0.05, 0.1) is 40.2 Å². The van der Waals surface area contributed by atoms with Crippen LogP contribution in [-0.4, -0.2) is 39.3 Å². The number of oxazole rings is 1. The molecule has 0 saturated carbocycles. The molecule has 8 heteroatoms. The van der Waals surface area contributed by atoms with Gasteiger partial charge in [-0.3, -0.25) is 4.79 Å². The highest BCUT2D eigenvalue weighted by atomic mass is 16.5. The maximum atomic E-state index is 12.4. The number of rotatable bonds is 8. The monoisotopic (exact) mass is 410 g/mol. The molecular weight excluding hydrogens is 388 g/mol. The molecule has 1 heterocycles. The highest BCUT2D eigenvalue weighted by molar-refractivity contribution is 6.02. The first-order valence-electron chi connectivity index (χ1n) is 8.96. The first-order chi connectivity index (χ1) is 14.6. The van der Waals surface area contributed by atoms with Gasteiger partial charge in [0.2, 0.25) is 11.7 Å². The summed E-state index contributed by atoms with van der Waals surface area (Å²) in [6.07, 6.45) is 5.98. The molecule has 0 radical (unpaired) electrons. The van der Waals surface area contributed by atoms with Crippen molar-refractivity contribution in [3.05, 3.63) is 54.6 Å². The highest BCUT2D eigenvalue weighted by Gasteiger charge is 2.15. The van der Waals surface area contributed by atoms with Crippen LogP contribution in [0.1, 0.15) is 5.56 Å². The van der Waals surface area contributed by atoms with Gasteiger partial charge in [0.1, 0.15) is 5.75 Å². The van der Waals surface area contributed by atoms with Gasteiger partial charge in [-0.05, 0) is 30.3 Å². The molecule has 0 spiro atoms. The van der Waals surface area contributed by atoms with Crippen molar-refractivity contribution in [3.8, 4) is 34.3 Å². The lowest BCUT2D eigenvalue weighted by Crippen LogP contribution is -2.08. The van der Waals surface area contributed by atoms with E-state index in [1.54, 1.807) is 56.8 Å². The molecule has 0 aliphatic carbocycles. The number of nitrogens with one attached hydrogen (secondary N) is 1. The lowest BCUT2D eigenvalue weighted by Gasteiger charge is -2.14. The zero-order chi connectivity index (χ0) is 21.5. The molecule has 1 aromatic heterocycles. The number of aromatic nitrogens is 1. The van der Waals surface area contributed by atoms with E-state index in [-0.39, 0.29) is 5.91 Å². The van der Waals surface area contributed by atoms with Crippen LogP contribution in [0.5, 0.6) is 23.0 Å². The Kier molecular flexibility index (Phi) is 6.59. The Hall–Kier alpha value is -3.94.